The van der Waals surface area contributed by atoms with Gasteiger partial charge in [-0.15, -0.1) is 5.10 Å². The minimum Gasteiger partial charge on any atom is -0.386 e. The molecule has 27 heavy (non-hydrogen) atoms. The molecule has 0 saturated heterocycles. The Morgan fingerprint density at radius 2 is 1.81 bits per heavy atom. The highest BCUT2D eigenvalue weighted by molar-refractivity contribution is 6.31. The number of rotatable bonds is 4. The van der Waals surface area contributed by atoms with Crippen LogP contribution in [-0.2, 0) is 0 Å². The van der Waals surface area contributed by atoms with Crippen molar-refractivity contribution in [1.82, 2.24) is 20.5 Å². The van der Waals surface area contributed by atoms with Crippen LogP contribution < -0.4 is 16.8 Å². The van der Waals surface area contributed by atoms with Crippen LogP contribution in [0.2, 0.25) is 10.0 Å². The van der Waals surface area contributed by atoms with Crippen LogP contribution in [0.3, 0.4) is 0 Å². The first-order valence-electron chi connectivity index (χ1n) is 7.65. The summed E-state index contributed by atoms with van der Waals surface area (Å²) in [6.07, 6.45) is 0. The summed E-state index contributed by atoms with van der Waals surface area (Å²) >= 11 is 11.5. The van der Waals surface area contributed by atoms with Crippen LogP contribution in [0.4, 0.5) is 5.95 Å². The zero-order valence-corrected chi connectivity index (χ0v) is 15.6. The lowest BCUT2D eigenvalue weighted by atomic mass is 10.2. The molecule has 0 fully saturated rings. The Kier molecular flexibility index (Phi) is 7.16. The molecule has 10 heteroatoms. The maximum absolute atomic E-state index is 11.4. The average Bonchev–Trinajstić information content (AvgIpc) is 3.07. The fraction of sp³-hybridized carbons (Fsp3) is 0.0588. The number of hydrogen-bond acceptors (Lipinski definition) is 5. The van der Waals surface area contributed by atoms with Gasteiger partial charge in [-0.25, -0.2) is 0 Å². The van der Waals surface area contributed by atoms with Gasteiger partial charge in [0.05, 0.1) is 6.54 Å². The molecule has 0 aliphatic heterocycles. The fourth-order valence-electron chi connectivity index (χ4n) is 1.95. The number of hydrogen-bond donors (Lipinski definition) is 5. The number of nitrogens with one attached hydrogen (secondary N) is 3. The molecule has 3 aromatic rings. The molecule has 0 bridgehead atoms. The number of H-pyrrole nitrogens is 1. The van der Waals surface area contributed by atoms with Gasteiger partial charge in [0.2, 0.25) is 5.95 Å². The molecule has 1 heterocycles. The SMILES string of the molecule is N=C(N)CNC(=O)c1cccc(Cl)c1.Nc1n[nH]c(-c2cccc(Cl)c2)n1. The Bertz CT molecular complexity index is 942. The second kappa shape index (κ2) is 9.56. The largest absolute Gasteiger partial charge is 0.386 e. The Hall–Kier alpha value is -3.10. The molecule has 1 aromatic heterocycles. The van der Waals surface area contributed by atoms with Crippen molar-refractivity contribution in [3.05, 3.63) is 64.1 Å². The second-order valence-electron chi connectivity index (χ2n) is 5.27. The van der Waals surface area contributed by atoms with E-state index >= 15 is 0 Å². The summed E-state index contributed by atoms with van der Waals surface area (Å²) in [6.45, 7) is 0.0470. The molecule has 2 aromatic carbocycles. The predicted molar refractivity (Wildman–Crippen MR) is 107 cm³/mol. The number of benzene rings is 2. The summed E-state index contributed by atoms with van der Waals surface area (Å²) in [6, 6.07) is 13.9. The number of carbonyl (C=O) groups is 1. The lowest BCUT2D eigenvalue weighted by Crippen LogP contribution is -2.32. The third-order valence-electron chi connectivity index (χ3n) is 3.13. The summed E-state index contributed by atoms with van der Waals surface area (Å²) in [5.41, 5.74) is 11.8. The van der Waals surface area contributed by atoms with Crippen LogP contribution in [0.15, 0.2) is 48.5 Å². The number of amidine groups is 1. The molecule has 3 rings (SSSR count). The van der Waals surface area contributed by atoms with Gasteiger partial charge in [-0.3, -0.25) is 15.3 Å². The quantitative estimate of drug-likeness (QED) is 0.334. The normalized spacial score (nSPS) is 9.85. The monoisotopic (exact) mass is 405 g/mol. The highest BCUT2D eigenvalue weighted by Crippen LogP contribution is 2.19. The molecule has 0 radical (unpaired) electrons. The van der Waals surface area contributed by atoms with Crippen LogP contribution in [0.25, 0.3) is 11.4 Å². The van der Waals surface area contributed by atoms with Crippen molar-refractivity contribution in [2.75, 3.05) is 12.3 Å². The van der Waals surface area contributed by atoms with Gasteiger partial charge in [-0.1, -0.05) is 41.4 Å². The zero-order chi connectivity index (χ0) is 19.8. The molecule has 0 aliphatic carbocycles. The Morgan fingerprint density at radius 3 is 2.37 bits per heavy atom. The van der Waals surface area contributed by atoms with Crippen LogP contribution in [0.1, 0.15) is 10.4 Å². The van der Waals surface area contributed by atoms with Crippen molar-refractivity contribution < 1.29 is 4.79 Å². The molecular weight excluding hydrogens is 389 g/mol. The van der Waals surface area contributed by atoms with E-state index in [9.17, 15) is 4.79 Å². The summed E-state index contributed by atoms with van der Waals surface area (Å²) in [5.74, 6) is 0.484. The lowest BCUT2D eigenvalue weighted by molar-refractivity contribution is 0.0959. The Balaban J connectivity index is 0.000000194. The van der Waals surface area contributed by atoms with Crippen molar-refractivity contribution in [3.8, 4) is 11.4 Å². The van der Waals surface area contributed by atoms with Gasteiger partial charge in [0.25, 0.3) is 5.91 Å². The van der Waals surface area contributed by atoms with Gasteiger partial charge in [0.15, 0.2) is 5.82 Å². The van der Waals surface area contributed by atoms with E-state index in [0.29, 0.717) is 21.4 Å². The number of nitrogens with two attached hydrogens (primary N) is 2. The number of amides is 1. The summed E-state index contributed by atoms with van der Waals surface area (Å²) in [7, 11) is 0. The smallest absolute Gasteiger partial charge is 0.251 e. The molecule has 0 spiro atoms. The van der Waals surface area contributed by atoms with E-state index in [1.54, 1.807) is 36.4 Å². The molecule has 7 N–H and O–H groups in total. The van der Waals surface area contributed by atoms with E-state index < -0.39 is 0 Å². The van der Waals surface area contributed by atoms with E-state index in [-0.39, 0.29) is 24.2 Å². The molecule has 0 atom stereocenters. The van der Waals surface area contributed by atoms with Crippen molar-refractivity contribution in [3.63, 3.8) is 0 Å². The van der Waals surface area contributed by atoms with Gasteiger partial charge in [-0.2, -0.15) is 4.98 Å². The number of carbonyl (C=O) groups excluding carboxylic acids is 1. The van der Waals surface area contributed by atoms with E-state index in [2.05, 4.69) is 20.5 Å². The van der Waals surface area contributed by atoms with Gasteiger partial charge < -0.3 is 16.8 Å². The van der Waals surface area contributed by atoms with E-state index in [0.717, 1.165) is 5.56 Å². The zero-order valence-electron chi connectivity index (χ0n) is 14.0. The first kappa shape index (κ1) is 20.2. The van der Waals surface area contributed by atoms with Crippen LogP contribution >= 0.6 is 23.2 Å². The predicted octanol–water partition coefficient (Wildman–Crippen LogP) is 2.71. The number of nitrogen functional groups attached to an aromatic ring is 1. The van der Waals surface area contributed by atoms with Crippen LogP contribution in [-0.4, -0.2) is 33.5 Å². The highest BCUT2D eigenvalue weighted by atomic mass is 35.5. The van der Waals surface area contributed by atoms with E-state index in [4.69, 9.17) is 40.1 Å². The lowest BCUT2D eigenvalue weighted by Gasteiger charge is -2.03. The number of aromatic amines is 1. The van der Waals surface area contributed by atoms with Crippen molar-refractivity contribution in [1.29, 1.82) is 5.41 Å². The van der Waals surface area contributed by atoms with E-state index in [1.165, 1.54) is 0 Å². The highest BCUT2D eigenvalue weighted by Gasteiger charge is 2.05. The van der Waals surface area contributed by atoms with Crippen molar-refractivity contribution in [2.45, 2.75) is 0 Å². The van der Waals surface area contributed by atoms with Crippen LogP contribution in [0.5, 0.6) is 0 Å². The molecule has 1 amide bonds. The third-order valence-corrected chi connectivity index (χ3v) is 3.60. The van der Waals surface area contributed by atoms with Gasteiger partial charge >= 0.3 is 0 Å². The summed E-state index contributed by atoms with van der Waals surface area (Å²) in [5, 5.41) is 17.0. The van der Waals surface area contributed by atoms with Gasteiger partial charge in [0, 0.05) is 21.2 Å². The Labute approximate surface area is 165 Å². The number of halogens is 2. The number of anilines is 1. The first-order valence-corrected chi connectivity index (χ1v) is 8.41. The van der Waals surface area contributed by atoms with Gasteiger partial charge in [0.1, 0.15) is 5.84 Å². The maximum atomic E-state index is 11.4. The maximum Gasteiger partial charge on any atom is 0.251 e. The fourth-order valence-corrected chi connectivity index (χ4v) is 2.33. The summed E-state index contributed by atoms with van der Waals surface area (Å²) < 4.78 is 0. The molecule has 0 unspecified atom stereocenters. The van der Waals surface area contributed by atoms with E-state index in [1.807, 2.05) is 12.1 Å². The van der Waals surface area contributed by atoms with Crippen molar-refractivity contribution >= 4 is 40.9 Å². The topological polar surface area (TPSA) is 147 Å². The number of aromatic nitrogens is 3. The minimum absolute atomic E-state index is 0.0470. The standard InChI is InChI=1S/C9H10ClN3O.C8H7ClN4/c10-7-3-1-2-6(4-7)9(14)13-5-8(11)12;9-6-3-1-2-5(4-6)7-11-8(10)13-12-7/h1-4H,5H2,(H3,11,12)(H,13,14);1-4H,(H3,10,11,12,13). The Morgan fingerprint density at radius 1 is 1.15 bits per heavy atom. The second-order valence-corrected chi connectivity index (χ2v) is 6.14. The summed E-state index contributed by atoms with van der Waals surface area (Å²) in [4.78, 5) is 15.4. The molecule has 0 aliphatic rings. The molecule has 0 saturated carbocycles. The van der Waals surface area contributed by atoms with Gasteiger partial charge in [-0.05, 0) is 30.3 Å². The third kappa shape index (κ3) is 6.61. The molecule has 8 nitrogen and oxygen atoms in total. The van der Waals surface area contributed by atoms with Crippen molar-refractivity contribution in [2.24, 2.45) is 5.73 Å². The molecular formula is C17H17Cl2N7O. The minimum atomic E-state index is -0.289. The molecule has 140 valence electrons. The first-order chi connectivity index (χ1) is 12.8. The average molecular weight is 406 g/mol. The van der Waals surface area contributed by atoms with Crippen LogP contribution in [0, 0.1) is 5.41 Å². The number of nitrogens with zero attached hydrogens (tertiary/aromatic N) is 2.